The van der Waals surface area contributed by atoms with E-state index in [4.69, 9.17) is 9.84 Å². The molecular weight excluding hydrogens is 326 g/mol. The van der Waals surface area contributed by atoms with E-state index in [0.717, 1.165) is 34.6 Å². The van der Waals surface area contributed by atoms with E-state index in [0.29, 0.717) is 0 Å². The summed E-state index contributed by atoms with van der Waals surface area (Å²) in [5.74, 6) is 1.13. The van der Waals surface area contributed by atoms with E-state index in [9.17, 15) is 5.11 Å². The number of para-hydroxylation sites is 1. The third kappa shape index (κ3) is 2.40. The van der Waals surface area contributed by atoms with Crippen molar-refractivity contribution in [2.24, 2.45) is 5.10 Å². The minimum absolute atomic E-state index is 0.0995. The smallest absolute Gasteiger partial charge is 0.215 e. The van der Waals surface area contributed by atoms with Gasteiger partial charge in [-0.05, 0) is 24.3 Å². The van der Waals surface area contributed by atoms with Gasteiger partial charge in [-0.3, -0.25) is 4.98 Å². The topological polar surface area (TPSA) is 58.0 Å². The van der Waals surface area contributed by atoms with Gasteiger partial charge >= 0.3 is 0 Å². The Morgan fingerprint density at radius 3 is 2.81 bits per heavy atom. The van der Waals surface area contributed by atoms with Crippen LogP contribution in [-0.4, -0.2) is 20.8 Å². The first-order valence-electron chi connectivity index (χ1n) is 8.60. The molecule has 0 radical (unpaired) electrons. The zero-order valence-corrected chi connectivity index (χ0v) is 14.0. The second-order valence-electron chi connectivity index (χ2n) is 6.49. The van der Waals surface area contributed by atoms with Gasteiger partial charge in [0, 0.05) is 35.5 Å². The van der Waals surface area contributed by atoms with Gasteiger partial charge in [0.25, 0.3) is 0 Å². The van der Waals surface area contributed by atoms with E-state index in [1.165, 1.54) is 0 Å². The van der Waals surface area contributed by atoms with Gasteiger partial charge in [-0.25, -0.2) is 5.01 Å². The predicted molar refractivity (Wildman–Crippen MR) is 97.9 cm³/mol. The lowest BCUT2D eigenvalue weighted by Gasteiger charge is -2.38. The summed E-state index contributed by atoms with van der Waals surface area (Å²) in [5, 5.41) is 16.7. The summed E-state index contributed by atoms with van der Waals surface area (Å²) >= 11 is 0. The van der Waals surface area contributed by atoms with E-state index in [2.05, 4.69) is 11.1 Å². The molecule has 2 aliphatic rings. The van der Waals surface area contributed by atoms with Crippen LogP contribution >= 0.6 is 0 Å². The third-order valence-electron chi connectivity index (χ3n) is 4.85. The predicted octanol–water partition coefficient (Wildman–Crippen LogP) is 4.03. The van der Waals surface area contributed by atoms with Crippen LogP contribution in [0.3, 0.4) is 0 Å². The Morgan fingerprint density at radius 2 is 1.96 bits per heavy atom. The normalized spacial score (nSPS) is 20.8. The highest BCUT2D eigenvalue weighted by Gasteiger charge is 2.40. The molecule has 3 heterocycles. The number of hydrazone groups is 1. The fraction of sp³-hybridized carbons (Fsp3) is 0.143. The maximum atomic E-state index is 9.82. The zero-order valence-electron chi connectivity index (χ0n) is 14.0. The van der Waals surface area contributed by atoms with Gasteiger partial charge in [-0.1, -0.05) is 36.4 Å². The van der Waals surface area contributed by atoms with Crippen molar-refractivity contribution in [1.82, 2.24) is 9.99 Å². The van der Waals surface area contributed by atoms with E-state index >= 15 is 0 Å². The van der Waals surface area contributed by atoms with Crippen LogP contribution in [0.4, 0.5) is 0 Å². The molecule has 1 N–H and O–H groups in total. The molecule has 2 aromatic carbocycles. The Morgan fingerprint density at radius 1 is 1.04 bits per heavy atom. The number of aromatic nitrogens is 1. The molecular formula is C21H17N3O2. The minimum Gasteiger partial charge on any atom is -0.508 e. The summed E-state index contributed by atoms with van der Waals surface area (Å²) in [5.41, 5.74) is 3.97. The first-order valence-corrected chi connectivity index (χ1v) is 8.60. The van der Waals surface area contributed by atoms with Gasteiger partial charge in [0.15, 0.2) is 0 Å². The number of fused-ring (bicyclic) bond motifs is 3. The zero-order chi connectivity index (χ0) is 17.5. The van der Waals surface area contributed by atoms with Crippen LogP contribution < -0.4 is 4.74 Å². The van der Waals surface area contributed by atoms with Crippen LogP contribution in [0.1, 0.15) is 35.4 Å². The summed E-state index contributed by atoms with van der Waals surface area (Å²) in [6.45, 7) is 0. The first-order chi connectivity index (χ1) is 12.8. The van der Waals surface area contributed by atoms with Crippen LogP contribution in [0.25, 0.3) is 0 Å². The number of phenols is 1. The van der Waals surface area contributed by atoms with Crippen molar-refractivity contribution in [1.29, 1.82) is 0 Å². The standard InChI is InChI=1S/C21H17N3O2/c25-16-7-3-5-14(11-16)18-12-19-17-8-1-2-9-20(17)26-21(24(19)23-18)15-6-4-10-22-13-15/h1-11,13,19,21,25H,12H2. The van der Waals surface area contributed by atoms with E-state index in [1.807, 2.05) is 53.7 Å². The summed E-state index contributed by atoms with van der Waals surface area (Å²) in [6.07, 6.45) is 4.01. The molecule has 0 saturated heterocycles. The average Bonchev–Trinajstić information content (AvgIpc) is 3.14. The summed E-state index contributed by atoms with van der Waals surface area (Å²) in [7, 11) is 0. The van der Waals surface area contributed by atoms with Crippen LogP contribution in [0.2, 0.25) is 0 Å². The molecule has 0 bridgehead atoms. The molecule has 128 valence electrons. The number of nitrogens with zero attached hydrogens (tertiary/aromatic N) is 3. The Balaban J connectivity index is 1.60. The quantitative estimate of drug-likeness (QED) is 0.763. The largest absolute Gasteiger partial charge is 0.508 e. The number of pyridine rings is 1. The Hall–Kier alpha value is -3.34. The van der Waals surface area contributed by atoms with Gasteiger partial charge in [-0.2, -0.15) is 5.10 Å². The molecule has 5 heteroatoms. The maximum absolute atomic E-state index is 9.82. The molecule has 26 heavy (non-hydrogen) atoms. The Kier molecular flexibility index (Phi) is 3.38. The molecule has 0 spiro atoms. The molecule has 0 saturated carbocycles. The van der Waals surface area contributed by atoms with E-state index < -0.39 is 0 Å². The highest BCUT2D eigenvalue weighted by Crippen LogP contribution is 2.47. The van der Waals surface area contributed by atoms with Crippen LogP contribution in [-0.2, 0) is 0 Å². The highest BCUT2D eigenvalue weighted by atomic mass is 16.5. The molecule has 3 aromatic rings. The van der Waals surface area contributed by atoms with Gasteiger partial charge in [0.2, 0.25) is 6.23 Å². The van der Waals surface area contributed by atoms with Crippen LogP contribution in [0, 0.1) is 0 Å². The van der Waals surface area contributed by atoms with Crippen molar-refractivity contribution in [2.75, 3.05) is 0 Å². The molecule has 2 aliphatic heterocycles. The van der Waals surface area contributed by atoms with Gasteiger partial charge < -0.3 is 9.84 Å². The molecule has 0 aliphatic carbocycles. The maximum Gasteiger partial charge on any atom is 0.215 e. The summed E-state index contributed by atoms with van der Waals surface area (Å²) < 4.78 is 6.27. The van der Waals surface area contributed by atoms with Gasteiger partial charge in [-0.15, -0.1) is 0 Å². The van der Waals surface area contributed by atoms with Crippen molar-refractivity contribution >= 4 is 5.71 Å². The van der Waals surface area contributed by atoms with Crippen molar-refractivity contribution in [3.8, 4) is 11.5 Å². The third-order valence-corrected chi connectivity index (χ3v) is 4.85. The number of aromatic hydroxyl groups is 1. The lowest BCUT2D eigenvalue weighted by Crippen LogP contribution is -2.33. The SMILES string of the molecule is Oc1cccc(C2=NN3C(C2)c2ccccc2OC3c2cccnc2)c1. The van der Waals surface area contributed by atoms with E-state index in [-0.39, 0.29) is 18.0 Å². The van der Waals surface area contributed by atoms with Gasteiger partial charge in [0.1, 0.15) is 11.5 Å². The van der Waals surface area contributed by atoms with Crippen molar-refractivity contribution in [2.45, 2.75) is 18.7 Å². The second-order valence-corrected chi connectivity index (χ2v) is 6.49. The lowest BCUT2D eigenvalue weighted by atomic mass is 9.96. The fourth-order valence-corrected chi connectivity index (χ4v) is 3.64. The van der Waals surface area contributed by atoms with E-state index in [1.54, 1.807) is 18.3 Å². The number of phenolic OH excluding ortho intramolecular Hbond substituents is 1. The molecule has 0 amide bonds. The molecule has 5 rings (SSSR count). The Bertz CT molecular complexity index is 987. The number of hydrogen-bond acceptors (Lipinski definition) is 5. The van der Waals surface area contributed by atoms with Gasteiger partial charge in [0.05, 0.1) is 11.8 Å². The monoisotopic (exact) mass is 343 g/mol. The minimum atomic E-state index is -0.321. The second kappa shape index (κ2) is 5.88. The molecule has 5 nitrogen and oxygen atoms in total. The lowest BCUT2D eigenvalue weighted by molar-refractivity contribution is -0.0192. The van der Waals surface area contributed by atoms with Crippen molar-refractivity contribution in [3.05, 3.63) is 89.7 Å². The fourth-order valence-electron chi connectivity index (χ4n) is 3.64. The Labute approximate surface area is 151 Å². The molecule has 2 unspecified atom stereocenters. The number of benzene rings is 2. The van der Waals surface area contributed by atoms with Crippen LogP contribution in [0.5, 0.6) is 11.5 Å². The number of rotatable bonds is 2. The average molecular weight is 343 g/mol. The molecule has 0 fully saturated rings. The number of hydrogen-bond donors (Lipinski definition) is 1. The summed E-state index contributed by atoms with van der Waals surface area (Å²) in [4.78, 5) is 4.23. The summed E-state index contributed by atoms with van der Waals surface area (Å²) in [6, 6.07) is 19.4. The first kappa shape index (κ1) is 15.0. The molecule has 2 atom stereocenters. The number of ether oxygens (including phenoxy) is 1. The van der Waals surface area contributed by atoms with Crippen molar-refractivity contribution in [3.63, 3.8) is 0 Å². The van der Waals surface area contributed by atoms with Crippen molar-refractivity contribution < 1.29 is 9.84 Å². The molecule has 1 aromatic heterocycles. The highest BCUT2D eigenvalue weighted by molar-refractivity contribution is 6.02. The van der Waals surface area contributed by atoms with Crippen LogP contribution in [0.15, 0.2) is 78.2 Å².